The zero-order valence-electron chi connectivity index (χ0n) is 93.1. The van der Waals surface area contributed by atoms with Gasteiger partial charge in [0.05, 0.1) is 49.9 Å². The molecule has 9 N–H and O–H groups in total. The van der Waals surface area contributed by atoms with E-state index in [1.165, 1.54) is 35.3 Å². The fourth-order valence-electron chi connectivity index (χ4n) is 11.6. The van der Waals surface area contributed by atoms with Crippen LogP contribution in [0.25, 0.3) is 11.1 Å². The molecule has 39 nitrogen and oxygen atoms in total. The van der Waals surface area contributed by atoms with E-state index in [1.807, 2.05) is 45.0 Å². The van der Waals surface area contributed by atoms with Crippen LogP contribution in [0.2, 0.25) is 36.3 Å². The molecule has 0 radical (unpaired) electrons. The summed E-state index contributed by atoms with van der Waals surface area (Å²) in [5.41, 5.74) is 0.501. The van der Waals surface area contributed by atoms with Crippen LogP contribution in [0.3, 0.4) is 0 Å². The molecule has 8 rings (SSSR count). The second-order valence-electron chi connectivity index (χ2n) is 46.2. The second kappa shape index (κ2) is 63.3. The van der Waals surface area contributed by atoms with Crippen LogP contribution in [-0.4, -0.2) is 270 Å². The smallest absolute Gasteiger partial charge is 0.435 e. The molecule has 3 aliphatic carbocycles. The van der Waals surface area contributed by atoms with Gasteiger partial charge in [-0.3, -0.25) is 19.7 Å². The Morgan fingerprint density at radius 1 is 0.490 bits per heavy atom. The zero-order chi connectivity index (χ0) is 112. The summed E-state index contributed by atoms with van der Waals surface area (Å²) < 4.78 is 62.2. The average Bonchev–Trinajstić information content (AvgIpc) is 1.73. The normalized spacial score (nSPS) is 17.1. The molecule has 1 unspecified atom stereocenters. The Labute approximate surface area is 862 Å². The molecule has 8 amide bonds. The van der Waals surface area contributed by atoms with Gasteiger partial charge in [0.15, 0.2) is 16.6 Å². The fraction of sp³-hybridized carbons (Fsp3) is 0.721. The van der Waals surface area contributed by atoms with E-state index in [1.54, 1.807) is 138 Å². The monoisotopic (exact) mass is 2090 g/mol. The van der Waals surface area contributed by atoms with Crippen molar-refractivity contribution in [3.05, 3.63) is 59.7 Å². The standard InChI is InChI=1S/C19H19NO4.C16H28N2O5.C10H17NO4.C10H17NO3.C10H19NO3.C9H15NO4.C9H20O2Si.C8H18O2Si.C7H13NO3.C6H12O/c21-18(22)10-5-11-20-19(23)24-12-17-15-8-3-1-6-13(15)14-7-2-4-9-16(14)17;1-15(2,3)22-13(20)17-12(10-8-7-9-11-19)18-14(21)23-16(4,5)6;1-10(2,3)15-9(14)11-7-4-6(5-7)8(12)13;1-9(2,3)14-8(12)11-7-4-10(5-7)6-13-10;1-9(2,3)14-8(13)11-6-10(4,5)7-12;1-9(2,3)14-8(13)10-4-6(5-10)7(11)12;1-9(2,3)12(4,5)11-8-6-7-10;1-8(2,3)11(4,5)10-7-6-9;1-7(2,3)11-6(10)8-4-5-9;1-2-3-4-6-5-7-6/h1-4,6-9,17H,5,10-12H2,(H,20,23)(H,21,22);11H,7-10H2,1-6H3,(H,17,18,20,21);6-7H,4-5H2,1-3H3,(H,11,14)(H,12,13);7H,4-6H2,1-3H3,(H,11,12);7H,6H2,1-5H3,(H,11,13);6H,4-5H2,1-3H3,(H,11,12);7H,6,8H2,1-5H3;6H,7H2,1-5H3;5H,4H2,1-3H3,(H,8,10);6H,2-5H2,1H3. The van der Waals surface area contributed by atoms with Crippen molar-refractivity contribution in [3.63, 3.8) is 0 Å². The van der Waals surface area contributed by atoms with Crippen molar-refractivity contribution in [2.24, 2.45) is 22.2 Å². The summed E-state index contributed by atoms with van der Waals surface area (Å²) in [7, 11) is -3.26. The summed E-state index contributed by atoms with van der Waals surface area (Å²) in [6, 6.07) is 16.5. The average molecular weight is 2090 g/mol. The molecule has 3 heterocycles. The van der Waals surface area contributed by atoms with Gasteiger partial charge < -0.3 is 127 Å². The van der Waals surface area contributed by atoms with Crippen molar-refractivity contribution < 1.29 is 148 Å². The minimum Gasteiger partial charge on any atom is -0.481 e. The minimum atomic E-state index is -1.66. The van der Waals surface area contributed by atoms with Gasteiger partial charge in [-0.1, -0.05) is 124 Å². The van der Waals surface area contributed by atoms with Crippen molar-refractivity contribution in [1.82, 2.24) is 36.8 Å². The van der Waals surface area contributed by atoms with Crippen LogP contribution in [0.15, 0.2) is 53.5 Å². The van der Waals surface area contributed by atoms with Gasteiger partial charge in [0, 0.05) is 81.9 Å². The quantitative estimate of drug-likeness (QED) is 0.00667. The number of fused-ring (bicyclic) bond motifs is 3. The number of carbonyl (C=O) groups is 16. The first-order valence-corrected chi connectivity index (χ1v) is 55.3. The SMILES string of the molecule is CC(C)(C)OC(=O)N1CC(C(=O)O)C1.CC(C)(C)OC(=O)N=C(CCCCC=O)NC(=O)OC(C)(C)C.CC(C)(C)OC(=O)NC1CC(C(=O)O)C1.CC(C)(C)OC(=O)NC1CC2(CO2)C1.CC(C)(C)OC(=O)NCC=O.CC(C)(C)[Si](C)(C)OCC=O.CC(C)(C)[Si](C)(C)OCCC=O.CC(C)(C=O)CNC(=O)OC(C)(C)C.CCCCC1CO1.O=C(O)CCCNC(=O)OCC1c2ccccc2-c2ccccc21. The number of unbranched alkanes of at least 4 members (excludes halogenated alkanes) is 3. The van der Waals surface area contributed by atoms with Crippen molar-refractivity contribution >= 4 is 121 Å². The van der Waals surface area contributed by atoms with Crippen molar-refractivity contribution in [1.29, 1.82) is 0 Å². The number of hydrogen-bond donors (Lipinski definition) is 9. The maximum atomic E-state index is 11.8. The first-order valence-electron chi connectivity index (χ1n) is 49.4. The number of epoxide rings is 2. The Balaban J connectivity index is 0. The third-order valence-electron chi connectivity index (χ3n) is 21.3. The third kappa shape index (κ3) is 67.8. The number of carboxylic acid groups (broad SMARTS) is 3. The number of amidine groups is 1. The van der Waals surface area contributed by atoms with E-state index >= 15 is 0 Å². The second-order valence-corrected chi connectivity index (χ2v) is 55.9. The van der Waals surface area contributed by atoms with Crippen molar-refractivity contribution in [3.8, 4) is 11.1 Å². The molecule has 3 saturated heterocycles. The molecule has 828 valence electrons. The van der Waals surface area contributed by atoms with Crippen LogP contribution in [0, 0.1) is 17.3 Å². The third-order valence-corrected chi connectivity index (χ3v) is 30.3. The van der Waals surface area contributed by atoms with E-state index < -0.39 is 128 Å². The molecule has 2 aromatic rings. The Morgan fingerprint density at radius 2 is 0.924 bits per heavy atom. The van der Waals surface area contributed by atoms with Crippen LogP contribution in [-0.2, 0) is 94.6 Å². The van der Waals surface area contributed by atoms with Gasteiger partial charge in [-0.2, -0.15) is 4.99 Å². The zero-order valence-corrected chi connectivity index (χ0v) is 95.1. The summed E-state index contributed by atoms with van der Waals surface area (Å²) in [6.45, 7) is 68.8. The highest BCUT2D eigenvalue weighted by atomic mass is 28.4. The van der Waals surface area contributed by atoms with Crippen molar-refractivity contribution in [2.45, 2.75) is 403 Å². The number of carbonyl (C=O) groups excluding carboxylic acids is 13. The number of rotatable bonds is 30. The molecule has 145 heavy (non-hydrogen) atoms. The first-order chi connectivity index (χ1) is 66.2. The number of amides is 8. The van der Waals surface area contributed by atoms with Crippen LogP contribution in [0.1, 0.15) is 315 Å². The molecule has 5 fully saturated rings. The largest absolute Gasteiger partial charge is 0.481 e. The highest BCUT2D eigenvalue weighted by Crippen LogP contribution is 2.47. The van der Waals surface area contributed by atoms with E-state index in [9.17, 15) is 76.7 Å². The predicted octanol–water partition coefficient (Wildman–Crippen LogP) is 19.6. The Morgan fingerprint density at radius 3 is 1.32 bits per heavy atom. The summed E-state index contributed by atoms with van der Waals surface area (Å²) in [4.78, 5) is 179. The number of aliphatic imine (C=N–C) groups is 1. The number of nitrogens with one attached hydrogen (secondary N) is 6. The molecular formula is C104H178N8O31Si2. The molecule has 3 aliphatic heterocycles. The number of likely N-dealkylation sites (tertiary alicyclic amines) is 1. The van der Waals surface area contributed by atoms with E-state index in [-0.39, 0.29) is 97.3 Å². The highest BCUT2D eigenvalue weighted by Gasteiger charge is 2.56. The summed E-state index contributed by atoms with van der Waals surface area (Å²) in [5, 5.41) is 41.5. The van der Waals surface area contributed by atoms with Crippen LogP contribution < -0.4 is 31.9 Å². The van der Waals surface area contributed by atoms with Gasteiger partial charge in [-0.05, 0) is 255 Å². The van der Waals surface area contributed by atoms with Gasteiger partial charge in [0.1, 0.15) is 83.1 Å². The Hall–Kier alpha value is -10.5. The number of aldehydes is 5. The van der Waals surface area contributed by atoms with Gasteiger partial charge >= 0.3 is 66.7 Å². The van der Waals surface area contributed by atoms with E-state index in [0.717, 1.165) is 62.3 Å². The predicted molar refractivity (Wildman–Crippen MR) is 558 cm³/mol. The minimum absolute atomic E-state index is 0.00505. The molecule has 2 saturated carbocycles. The lowest BCUT2D eigenvalue weighted by atomic mass is 9.80. The molecule has 6 aliphatic rings. The molecule has 41 heteroatoms. The maximum Gasteiger partial charge on any atom is 0.435 e. The van der Waals surface area contributed by atoms with E-state index in [2.05, 4.69) is 136 Å². The lowest BCUT2D eigenvalue weighted by molar-refractivity contribution is -0.147. The molecule has 0 aromatic heterocycles. The number of alkyl carbamates (subject to hydrolysis) is 6. The number of nitrogens with zero attached hydrogens (tertiary/aromatic N) is 2. The van der Waals surface area contributed by atoms with Gasteiger partial charge in [0.25, 0.3) is 0 Å². The lowest BCUT2D eigenvalue weighted by Gasteiger charge is -2.37. The number of ether oxygens (including phenoxy) is 10. The lowest BCUT2D eigenvalue weighted by Crippen LogP contribution is -2.54. The van der Waals surface area contributed by atoms with Crippen LogP contribution in [0.5, 0.6) is 0 Å². The van der Waals surface area contributed by atoms with E-state index in [4.69, 9.17) is 71.5 Å². The van der Waals surface area contributed by atoms with Crippen LogP contribution in [0.4, 0.5) is 38.4 Å². The van der Waals surface area contributed by atoms with Gasteiger partial charge in [-0.25, -0.2) is 38.4 Å². The molecule has 2 aromatic carbocycles. The maximum absolute atomic E-state index is 11.8. The topological polar surface area (TPSA) is 539 Å². The van der Waals surface area contributed by atoms with Gasteiger partial charge in [-0.15, -0.1) is 0 Å². The molecular weight excluding hydrogens is 1910 g/mol. The number of carboxylic acids is 3. The van der Waals surface area contributed by atoms with Gasteiger partial charge in [0.2, 0.25) is 0 Å². The Kier molecular flexibility index (Phi) is 59.6. The van der Waals surface area contributed by atoms with Crippen LogP contribution >= 0.6 is 0 Å². The summed E-state index contributed by atoms with van der Waals surface area (Å²) >= 11 is 0. The number of hydrogen-bond acceptors (Lipinski definition) is 28. The molecule has 1 atom stereocenters. The highest BCUT2D eigenvalue weighted by molar-refractivity contribution is 6.74. The van der Waals surface area contributed by atoms with Crippen molar-refractivity contribution in [2.75, 3.05) is 65.8 Å². The fourth-order valence-corrected chi connectivity index (χ4v) is 13.6. The first kappa shape index (κ1) is 137. The molecule has 0 bridgehead atoms. The number of aliphatic carboxylic acids is 3. The molecule has 1 spiro atoms. The number of benzene rings is 2. The van der Waals surface area contributed by atoms with E-state index in [0.29, 0.717) is 76.9 Å². The summed E-state index contributed by atoms with van der Waals surface area (Å²) in [6.07, 6.45) is 10.1. The Bertz CT molecular complexity index is 4330. The summed E-state index contributed by atoms with van der Waals surface area (Å²) in [5.74, 6) is -3.07.